The van der Waals surface area contributed by atoms with E-state index in [0.717, 1.165) is 0 Å². The van der Waals surface area contributed by atoms with Crippen LogP contribution in [0.15, 0.2) is 89.8 Å². The molecule has 0 amide bonds. The van der Waals surface area contributed by atoms with Gasteiger partial charge in [0.2, 0.25) is 9.84 Å². The van der Waals surface area contributed by atoms with Gasteiger partial charge in [-0.3, -0.25) is 4.79 Å². The fourth-order valence-corrected chi connectivity index (χ4v) is 5.02. The molecule has 3 nitrogen and oxygen atoms in total. The van der Waals surface area contributed by atoms with E-state index in [9.17, 15) is 13.2 Å². The molecule has 0 N–H and O–H groups in total. The van der Waals surface area contributed by atoms with Crippen LogP contribution in [0.5, 0.6) is 0 Å². The van der Waals surface area contributed by atoms with E-state index in [1.807, 2.05) is 0 Å². The van der Waals surface area contributed by atoms with Gasteiger partial charge in [-0.05, 0) is 47.5 Å². The zero-order chi connectivity index (χ0) is 21.8. The number of benzene rings is 3. The maximum atomic E-state index is 16.2. The Morgan fingerprint density at radius 3 is 2.10 bits per heavy atom. The second kappa shape index (κ2) is 9.13. The van der Waals surface area contributed by atoms with Crippen LogP contribution in [0.1, 0.15) is 17.0 Å². The Balaban J connectivity index is 2.18. The van der Waals surface area contributed by atoms with Gasteiger partial charge >= 0.3 is 0 Å². The monoisotopic (exact) mass is 462 g/mol. The van der Waals surface area contributed by atoms with E-state index in [1.165, 1.54) is 48.6 Å². The highest BCUT2D eigenvalue weighted by Crippen LogP contribution is 2.40. The first kappa shape index (κ1) is 22.2. The molecular formula is C23H17Cl2FO3S. The Bertz CT molecular complexity index is 1180. The van der Waals surface area contributed by atoms with Gasteiger partial charge in [0.25, 0.3) is 5.00 Å². The third-order valence-electron chi connectivity index (χ3n) is 4.59. The zero-order valence-electron chi connectivity index (χ0n) is 15.6. The van der Waals surface area contributed by atoms with Crippen molar-refractivity contribution in [3.8, 4) is 0 Å². The van der Waals surface area contributed by atoms with Crippen molar-refractivity contribution < 1.29 is 17.6 Å². The highest BCUT2D eigenvalue weighted by molar-refractivity contribution is 7.93. The number of rotatable bonds is 7. The van der Waals surface area contributed by atoms with Crippen molar-refractivity contribution in [1.82, 2.24) is 0 Å². The average Bonchev–Trinajstić information content (AvgIpc) is 2.74. The highest BCUT2D eigenvalue weighted by Gasteiger charge is 2.51. The number of alkyl halides is 1. The minimum absolute atomic E-state index is 0.163. The highest BCUT2D eigenvalue weighted by atomic mass is 35.5. The minimum Gasteiger partial charge on any atom is -0.299 e. The Labute approximate surface area is 184 Å². The van der Waals surface area contributed by atoms with Crippen LogP contribution in [-0.4, -0.2) is 19.7 Å². The third kappa shape index (κ3) is 4.48. The Hall–Kier alpha value is -2.47. The molecule has 0 unspecified atom stereocenters. The molecule has 0 radical (unpaired) electrons. The van der Waals surface area contributed by atoms with Crippen LogP contribution in [0.3, 0.4) is 0 Å². The van der Waals surface area contributed by atoms with Crippen molar-refractivity contribution in [3.05, 3.63) is 106 Å². The van der Waals surface area contributed by atoms with Gasteiger partial charge in [0.1, 0.15) is 0 Å². The number of hydrogen-bond donors (Lipinski definition) is 0. The van der Waals surface area contributed by atoms with Crippen molar-refractivity contribution in [2.75, 3.05) is 0 Å². The molecule has 3 aromatic carbocycles. The lowest BCUT2D eigenvalue weighted by molar-refractivity contribution is -0.114. The van der Waals surface area contributed by atoms with Gasteiger partial charge < -0.3 is 0 Å². The van der Waals surface area contributed by atoms with Gasteiger partial charge in [-0.15, -0.1) is 0 Å². The normalized spacial score (nSPS) is 14.9. The molecule has 0 saturated heterocycles. The first-order valence-corrected chi connectivity index (χ1v) is 11.2. The van der Waals surface area contributed by atoms with Crippen LogP contribution >= 0.6 is 23.2 Å². The summed E-state index contributed by atoms with van der Waals surface area (Å²) in [5.41, 5.74) is 0.870. The van der Waals surface area contributed by atoms with Crippen LogP contribution < -0.4 is 0 Å². The molecule has 2 atom stereocenters. The summed E-state index contributed by atoms with van der Waals surface area (Å²) >= 11 is 12.0. The van der Waals surface area contributed by atoms with Crippen molar-refractivity contribution >= 4 is 45.4 Å². The van der Waals surface area contributed by atoms with E-state index in [2.05, 4.69) is 0 Å². The van der Waals surface area contributed by atoms with E-state index >= 15 is 4.39 Å². The average molecular weight is 463 g/mol. The topological polar surface area (TPSA) is 51.2 Å². The second-order valence-electron chi connectivity index (χ2n) is 6.58. The van der Waals surface area contributed by atoms with Crippen LogP contribution in [0.4, 0.5) is 4.39 Å². The fraction of sp³-hybridized carbons (Fsp3) is 0.0870. The van der Waals surface area contributed by atoms with E-state index in [4.69, 9.17) is 23.2 Å². The molecule has 154 valence electrons. The lowest BCUT2D eigenvalue weighted by Crippen LogP contribution is -2.41. The third-order valence-corrected chi connectivity index (χ3v) is 7.12. The number of carbonyl (C=O) groups is 1. The molecule has 30 heavy (non-hydrogen) atoms. The summed E-state index contributed by atoms with van der Waals surface area (Å²) in [6, 6.07) is 19.9. The summed E-state index contributed by atoms with van der Waals surface area (Å²) in [6.07, 6.45) is 2.70. The molecule has 0 aliphatic carbocycles. The smallest absolute Gasteiger partial charge is 0.279 e. The van der Waals surface area contributed by atoms with Crippen LogP contribution in [-0.2, 0) is 14.6 Å². The van der Waals surface area contributed by atoms with E-state index in [0.29, 0.717) is 15.6 Å². The molecule has 7 heteroatoms. The second-order valence-corrected chi connectivity index (χ2v) is 9.56. The van der Waals surface area contributed by atoms with Gasteiger partial charge in [0.05, 0.1) is 10.8 Å². The molecular weight excluding hydrogens is 446 g/mol. The maximum Gasteiger partial charge on any atom is 0.279 e. The molecule has 3 rings (SSSR count). The summed E-state index contributed by atoms with van der Waals surface area (Å²) < 4.78 is 42.5. The van der Waals surface area contributed by atoms with Crippen molar-refractivity contribution in [2.24, 2.45) is 0 Å². The molecule has 0 fully saturated rings. The van der Waals surface area contributed by atoms with Crippen molar-refractivity contribution in [1.29, 1.82) is 0 Å². The number of hydrogen-bond acceptors (Lipinski definition) is 3. The molecule has 0 aliphatic rings. The maximum absolute atomic E-state index is 16.2. The zero-order valence-corrected chi connectivity index (χ0v) is 17.9. The fourth-order valence-electron chi connectivity index (χ4n) is 3.07. The lowest BCUT2D eigenvalue weighted by Gasteiger charge is -2.27. The SMILES string of the molecule is O=C[C@](F)([C@H](C=Cc1cccc(Cl)c1)c1cccc(Cl)c1)S(=O)(=O)c1ccccc1. The molecule has 0 spiro atoms. The molecule has 0 aliphatic heterocycles. The number of halogens is 3. The number of allylic oxidation sites excluding steroid dienone is 1. The van der Waals surface area contributed by atoms with Gasteiger partial charge in [-0.25, -0.2) is 12.8 Å². The van der Waals surface area contributed by atoms with Crippen LogP contribution in [0.25, 0.3) is 6.08 Å². The summed E-state index contributed by atoms with van der Waals surface area (Å²) in [5.74, 6) is -1.45. The van der Waals surface area contributed by atoms with Gasteiger partial charge in [-0.1, -0.05) is 77.8 Å². The Morgan fingerprint density at radius 1 is 0.867 bits per heavy atom. The van der Waals surface area contributed by atoms with Gasteiger partial charge in [-0.2, -0.15) is 0 Å². The molecule has 0 heterocycles. The van der Waals surface area contributed by atoms with Crippen LogP contribution in [0, 0.1) is 0 Å². The lowest BCUT2D eigenvalue weighted by atomic mass is 9.93. The Kier molecular flexibility index (Phi) is 6.76. The molecule has 0 saturated carbocycles. The van der Waals surface area contributed by atoms with E-state index < -0.39 is 20.8 Å². The number of carbonyl (C=O) groups excluding carboxylic acids is 1. The van der Waals surface area contributed by atoms with E-state index in [1.54, 1.807) is 42.5 Å². The number of aldehydes is 1. The predicted molar refractivity (Wildman–Crippen MR) is 118 cm³/mol. The first-order valence-electron chi connectivity index (χ1n) is 8.92. The first-order chi connectivity index (χ1) is 14.3. The van der Waals surface area contributed by atoms with Crippen molar-refractivity contribution in [2.45, 2.75) is 15.8 Å². The van der Waals surface area contributed by atoms with Gasteiger partial charge in [0.15, 0.2) is 6.29 Å². The Morgan fingerprint density at radius 2 is 1.50 bits per heavy atom. The standard InChI is InChI=1S/C23H17Cl2FO3S/c24-19-8-4-6-17(14-19)12-13-22(18-7-5-9-20(25)15-18)23(26,16-27)30(28,29)21-10-2-1-3-11-21/h1-16,22H/t22-,23-/m1/s1. The predicted octanol–water partition coefficient (Wildman–Crippen LogP) is 6.13. The molecule has 0 bridgehead atoms. The molecule has 3 aromatic rings. The number of sulfone groups is 1. The van der Waals surface area contributed by atoms with E-state index in [-0.39, 0.29) is 16.7 Å². The summed E-state index contributed by atoms with van der Waals surface area (Å²) in [7, 11) is -4.68. The minimum atomic E-state index is -4.68. The molecule has 0 aromatic heterocycles. The summed E-state index contributed by atoms with van der Waals surface area (Å²) in [6.45, 7) is 0. The summed E-state index contributed by atoms with van der Waals surface area (Å²) in [5, 5.41) is -2.50. The summed E-state index contributed by atoms with van der Waals surface area (Å²) in [4.78, 5) is 11.7. The van der Waals surface area contributed by atoms with Crippen LogP contribution in [0.2, 0.25) is 10.0 Å². The quantitative estimate of drug-likeness (QED) is 0.396. The van der Waals surface area contributed by atoms with Crippen molar-refractivity contribution in [3.63, 3.8) is 0 Å². The largest absolute Gasteiger partial charge is 0.299 e. The van der Waals surface area contributed by atoms with Gasteiger partial charge in [0, 0.05) is 10.0 Å².